The molecule has 0 heterocycles. The van der Waals surface area contributed by atoms with Gasteiger partial charge in [0, 0.05) is 11.6 Å². The van der Waals surface area contributed by atoms with E-state index in [1.807, 2.05) is 24.3 Å². The van der Waals surface area contributed by atoms with Gasteiger partial charge in [-0.25, -0.2) is 0 Å². The molecule has 0 spiro atoms. The molecule has 1 saturated carbocycles. The summed E-state index contributed by atoms with van der Waals surface area (Å²) in [6, 6.07) is 7.79. The average molecular weight is 254 g/mol. The summed E-state index contributed by atoms with van der Waals surface area (Å²) in [6.07, 6.45) is 6.64. The highest BCUT2D eigenvalue weighted by atomic mass is 35.5. The van der Waals surface area contributed by atoms with E-state index < -0.39 is 0 Å². The third-order valence-electron chi connectivity index (χ3n) is 3.36. The van der Waals surface area contributed by atoms with Crippen molar-refractivity contribution in [3.05, 3.63) is 34.9 Å². The maximum absolute atomic E-state index is 6.10. The predicted molar refractivity (Wildman–Crippen MR) is 71.2 cm³/mol. The largest absolute Gasteiger partial charge is 0.369 e. The maximum Gasteiger partial charge on any atom is 0.0950 e. The average Bonchev–Trinajstić information content (AvgIpc) is 2.38. The lowest BCUT2D eigenvalue weighted by molar-refractivity contribution is -0.0269. The van der Waals surface area contributed by atoms with Crippen LogP contribution < -0.4 is 5.73 Å². The van der Waals surface area contributed by atoms with Gasteiger partial charge in [0.1, 0.15) is 0 Å². The van der Waals surface area contributed by atoms with Gasteiger partial charge in [0.05, 0.1) is 12.2 Å². The first-order valence-corrected chi connectivity index (χ1v) is 6.78. The minimum absolute atomic E-state index is 0.00960. The Morgan fingerprint density at radius 3 is 2.41 bits per heavy atom. The van der Waals surface area contributed by atoms with E-state index >= 15 is 0 Å². The van der Waals surface area contributed by atoms with Gasteiger partial charge in [0.25, 0.3) is 0 Å². The monoisotopic (exact) mass is 253 g/mol. The Balaban J connectivity index is 1.97. The molecular weight excluding hydrogens is 234 g/mol. The molecule has 1 atom stereocenters. The molecule has 0 radical (unpaired) electrons. The van der Waals surface area contributed by atoms with Gasteiger partial charge < -0.3 is 10.5 Å². The zero-order valence-corrected chi connectivity index (χ0v) is 10.8. The summed E-state index contributed by atoms with van der Waals surface area (Å²) in [6.45, 7) is 0.526. The molecule has 0 aromatic heterocycles. The normalized spacial score (nSPS) is 19.2. The highest BCUT2D eigenvalue weighted by Gasteiger charge is 2.19. The fourth-order valence-corrected chi connectivity index (χ4v) is 2.51. The Bertz CT molecular complexity index is 333. The van der Waals surface area contributed by atoms with Crippen molar-refractivity contribution in [1.82, 2.24) is 0 Å². The molecule has 0 saturated heterocycles. The lowest BCUT2D eigenvalue weighted by Crippen LogP contribution is -2.24. The number of hydrogen-bond donors (Lipinski definition) is 1. The lowest BCUT2D eigenvalue weighted by Gasteiger charge is -2.27. The molecule has 1 aromatic carbocycles. The summed E-state index contributed by atoms with van der Waals surface area (Å²) in [5, 5.41) is 0.752. The van der Waals surface area contributed by atoms with E-state index in [1.165, 1.54) is 32.1 Å². The molecule has 2 nitrogen and oxygen atoms in total. The minimum Gasteiger partial charge on any atom is -0.369 e. The van der Waals surface area contributed by atoms with Crippen LogP contribution in [0.25, 0.3) is 0 Å². The number of halogens is 1. The molecule has 3 heteroatoms. The van der Waals surface area contributed by atoms with Crippen molar-refractivity contribution in [3.63, 3.8) is 0 Å². The van der Waals surface area contributed by atoms with E-state index in [-0.39, 0.29) is 6.10 Å². The van der Waals surface area contributed by atoms with E-state index in [2.05, 4.69) is 0 Å². The molecular formula is C14H20ClNO. The SMILES string of the molecule is NCC(OC1CCCCC1)c1ccc(Cl)cc1. The van der Waals surface area contributed by atoms with Crippen molar-refractivity contribution >= 4 is 11.6 Å². The molecule has 0 amide bonds. The molecule has 2 rings (SSSR count). The van der Waals surface area contributed by atoms with E-state index in [9.17, 15) is 0 Å². The second-order valence-electron chi connectivity index (χ2n) is 4.67. The Morgan fingerprint density at radius 2 is 1.82 bits per heavy atom. The first kappa shape index (κ1) is 12.9. The van der Waals surface area contributed by atoms with Crippen LogP contribution in [-0.2, 0) is 4.74 Å². The van der Waals surface area contributed by atoms with Gasteiger partial charge >= 0.3 is 0 Å². The third kappa shape index (κ3) is 3.70. The van der Waals surface area contributed by atoms with Crippen molar-refractivity contribution in [2.24, 2.45) is 5.73 Å². The van der Waals surface area contributed by atoms with Gasteiger partial charge in [-0.05, 0) is 30.5 Å². The van der Waals surface area contributed by atoms with Crippen molar-refractivity contribution in [2.45, 2.75) is 44.3 Å². The maximum atomic E-state index is 6.10. The molecule has 17 heavy (non-hydrogen) atoms. The van der Waals surface area contributed by atoms with Crippen LogP contribution in [0.2, 0.25) is 5.02 Å². The zero-order chi connectivity index (χ0) is 12.1. The Hall–Kier alpha value is -0.570. The molecule has 1 fully saturated rings. The number of hydrogen-bond acceptors (Lipinski definition) is 2. The van der Waals surface area contributed by atoms with Gasteiger partial charge in [0.2, 0.25) is 0 Å². The fourth-order valence-electron chi connectivity index (χ4n) is 2.38. The van der Waals surface area contributed by atoms with E-state index in [4.69, 9.17) is 22.1 Å². The van der Waals surface area contributed by atoms with E-state index in [1.54, 1.807) is 0 Å². The second-order valence-corrected chi connectivity index (χ2v) is 5.11. The predicted octanol–water partition coefficient (Wildman–Crippen LogP) is 3.69. The van der Waals surface area contributed by atoms with Crippen LogP contribution in [0.4, 0.5) is 0 Å². The van der Waals surface area contributed by atoms with Crippen LogP contribution in [-0.4, -0.2) is 12.6 Å². The van der Waals surface area contributed by atoms with Gasteiger partial charge in [-0.3, -0.25) is 0 Å². The number of rotatable bonds is 4. The van der Waals surface area contributed by atoms with Gasteiger partial charge in [-0.2, -0.15) is 0 Å². The van der Waals surface area contributed by atoms with Crippen molar-refractivity contribution in [3.8, 4) is 0 Å². The summed E-state index contributed by atoms with van der Waals surface area (Å²) in [5.74, 6) is 0. The smallest absolute Gasteiger partial charge is 0.0950 e. The van der Waals surface area contributed by atoms with Crippen molar-refractivity contribution < 1.29 is 4.74 Å². The van der Waals surface area contributed by atoms with Crippen LogP contribution in [0, 0.1) is 0 Å². The van der Waals surface area contributed by atoms with Crippen molar-refractivity contribution in [2.75, 3.05) is 6.54 Å². The fraction of sp³-hybridized carbons (Fsp3) is 0.571. The second kappa shape index (κ2) is 6.39. The summed E-state index contributed by atoms with van der Waals surface area (Å²) in [5.41, 5.74) is 6.93. The number of ether oxygens (including phenoxy) is 1. The van der Waals surface area contributed by atoms with Gasteiger partial charge in [0.15, 0.2) is 0 Å². The molecule has 1 aliphatic rings. The van der Waals surface area contributed by atoms with Crippen LogP contribution in [0.3, 0.4) is 0 Å². The van der Waals surface area contributed by atoms with E-state index in [0.717, 1.165) is 10.6 Å². The molecule has 94 valence electrons. The first-order valence-electron chi connectivity index (χ1n) is 6.40. The standard InChI is InChI=1S/C14H20ClNO/c15-12-8-6-11(7-9-12)14(10-16)17-13-4-2-1-3-5-13/h6-9,13-14H,1-5,10,16H2. The van der Waals surface area contributed by atoms with Gasteiger partial charge in [-0.1, -0.05) is 43.0 Å². The molecule has 0 bridgehead atoms. The Labute approximate surface area is 108 Å². The Kier molecular flexibility index (Phi) is 4.84. The minimum atomic E-state index is 0.00960. The number of benzene rings is 1. The third-order valence-corrected chi connectivity index (χ3v) is 3.62. The van der Waals surface area contributed by atoms with Crippen LogP contribution >= 0.6 is 11.6 Å². The van der Waals surface area contributed by atoms with E-state index in [0.29, 0.717) is 12.6 Å². The first-order chi connectivity index (χ1) is 8.29. The summed E-state index contributed by atoms with van der Waals surface area (Å²) >= 11 is 5.88. The molecule has 1 aromatic rings. The molecule has 2 N–H and O–H groups in total. The lowest BCUT2D eigenvalue weighted by atomic mass is 9.97. The van der Waals surface area contributed by atoms with Gasteiger partial charge in [-0.15, -0.1) is 0 Å². The topological polar surface area (TPSA) is 35.2 Å². The van der Waals surface area contributed by atoms with Crippen LogP contribution in [0.5, 0.6) is 0 Å². The van der Waals surface area contributed by atoms with Crippen molar-refractivity contribution in [1.29, 1.82) is 0 Å². The molecule has 1 unspecified atom stereocenters. The summed E-state index contributed by atoms with van der Waals surface area (Å²) in [7, 11) is 0. The highest BCUT2D eigenvalue weighted by molar-refractivity contribution is 6.30. The van der Waals surface area contributed by atoms with Crippen LogP contribution in [0.1, 0.15) is 43.8 Å². The molecule has 1 aliphatic carbocycles. The zero-order valence-electron chi connectivity index (χ0n) is 10.1. The molecule has 0 aliphatic heterocycles. The summed E-state index contributed by atoms with van der Waals surface area (Å²) < 4.78 is 6.10. The highest BCUT2D eigenvalue weighted by Crippen LogP contribution is 2.27. The quantitative estimate of drug-likeness (QED) is 0.888. The summed E-state index contributed by atoms with van der Waals surface area (Å²) in [4.78, 5) is 0. The van der Waals surface area contributed by atoms with Crippen LogP contribution in [0.15, 0.2) is 24.3 Å². The number of nitrogens with two attached hydrogens (primary N) is 1. The Morgan fingerprint density at radius 1 is 1.18 bits per heavy atom.